The SMILES string of the molecule is CCNC(=O)CN(CC)c1cc(F)cc(F)c1N. The second-order valence-corrected chi connectivity index (χ2v) is 3.79. The minimum atomic E-state index is -0.820. The Hall–Kier alpha value is -1.85. The van der Waals surface area contributed by atoms with E-state index in [4.69, 9.17) is 5.73 Å². The lowest BCUT2D eigenvalue weighted by Gasteiger charge is -2.24. The van der Waals surface area contributed by atoms with E-state index < -0.39 is 11.6 Å². The van der Waals surface area contributed by atoms with Gasteiger partial charge in [-0.05, 0) is 19.9 Å². The van der Waals surface area contributed by atoms with E-state index in [1.165, 1.54) is 4.90 Å². The van der Waals surface area contributed by atoms with E-state index in [0.29, 0.717) is 13.1 Å². The zero-order valence-corrected chi connectivity index (χ0v) is 10.5. The number of amides is 1. The van der Waals surface area contributed by atoms with Crippen LogP contribution in [0.3, 0.4) is 0 Å². The van der Waals surface area contributed by atoms with Gasteiger partial charge in [-0.15, -0.1) is 0 Å². The van der Waals surface area contributed by atoms with Crippen molar-refractivity contribution < 1.29 is 13.6 Å². The van der Waals surface area contributed by atoms with Gasteiger partial charge in [0.15, 0.2) is 5.82 Å². The van der Waals surface area contributed by atoms with Crippen molar-refractivity contribution in [3.05, 3.63) is 23.8 Å². The van der Waals surface area contributed by atoms with Crippen LogP contribution in [0.4, 0.5) is 20.2 Å². The quantitative estimate of drug-likeness (QED) is 0.786. The predicted molar refractivity (Wildman–Crippen MR) is 67.3 cm³/mol. The summed E-state index contributed by atoms with van der Waals surface area (Å²) in [5.41, 5.74) is 5.61. The van der Waals surface area contributed by atoms with Gasteiger partial charge in [0, 0.05) is 19.2 Å². The number of halogens is 2. The molecule has 0 saturated heterocycles. The number of nitrogen functional groups attached to an aromatic ring is 1. The summed E-state index contributed by atoms with van der Waals surface area (Å²) in [7, 11) is 0. The zero-order chi connectivity index (χ0) is 13.7. The van der Waals surface area contributed by atoms with Gasteiger partial charge in [0.1, 0.15) is 5.82 Å². The van der Waals surface area contributed by atoms with Crippen molar-refractivity contribution in [1.29, 1.82) is 0 Å². The Morgan fingerprint density at radius 2 is 2.06 bits per heavy atom. The van der Waals surface area contributed by atoms with Crippen LogP contribution in [0.1, 0.15) is 13.8 Å². The molecule has 4 nitrogen and oxygen atoms in total. The van der Waals surface area contributed by atoms with Crippen LogP contribution in [0, 0.1) is 11.6 Å². The van der Waals surface area contributed by atoms with Crippen LogP contribution < -0.4 is 16.0 Å². The molecule has 0 fully saturated rings. The van der Waals surface area contributed by atoms with E-state index in [-0.39, 0.29) is 23.8 Å². The Morgan fingerprint density at radius 1 is 1.39 bits per heavy atom. The summed E-state index contributed by atoms with van der Waals surface area (Å²) in [4.78, 5) is 13.0. The van der Waals surface area contributed by atoms with Crippen LogP contribution in [0.25, 0.3) is 0 Å². The van der Waals surface area contributed by atoms with Crippen LogP contribution in [0.15, 0.2) is 12.1 Å². The maximum atomic E-state index is 13.3. The van der Waals surface area contributed by atoms with Gasteiger partial charge >= 0.3 is 0 Å². The van der Waals surface area contributed by atoms with Crippen molar-refractivity contribution in [2.45, 2.75) is 13.8 Å². The fraction of sp³-hybridized carbons (Fsp3) is 0.417. The molecule has 1 aromatic rings. The lowest BCUT2D eigenvalue weighted by atomic mass is 10.2. The Bertz CT molecular complexity index is 438. The number of carbonyl (C=O) groups excluding carboxylic acids is 1. The highest BCUT2D eigenvalue weighted by Gasteiger charge is 2.16. The second-order valence-electron chi connectivity index (χ2n) is 3.79. The molecule has 1 aromatic carbocycles. The van der Waals surface area contributed by atoms with Gasteiger partial charge in [-0.2, -0.15) is 0 Å². The summed E-state index contributed by atoms with van der Waals surface area (Å²) >= 11 is 0. The van der Waals surface area contributed by atoms with Crippen molar-refractivity contribution in [2.24, 2.45) is 0 Å². The smallest absolute Gasteiger partial charge is 0.239 e. The zero-order valence-electron chi connectivity index (χ0n) is 10.5. The third-order valence-electron chi connectivity index (χ3n) is 2.50. The Kier molecular flexibility index (Phi) is 4.88. The number of anilines is 2. The Morgan fingerprint density at radius 3 is 2.61 bits per heavy atom. The molecule has 0 spiro atoms. The monoisotopic (exact) mass is 257 g/mol. The summed E-state index contributed by atoms with van der Waals surface area (Å²) in [6.45, 7) is 4.51. The molecule has 0 radical (unpaired) electrons. The van der Waals surface area contributed by atoms with Gasteiger partial charge in [-0.25, -0.2) is 8.78 Å². The molecule has 0 atom stereocenters. The molecular formula is C12H17F2N3O. The summed E-state index contributed by atoms with van der Waals surface area (Å²) in [6, 6.07) is 1.85. The minimum Gasteiger partial charge on any atom is -0.395 e. The molecule has 0 unspecified atom stereocenters. The molecule has 0 aliphatic heterocycles. The number of rotatable bonds is 5. The number of hydrogen-bond donors (Lipinski definition) is 2. The average Bonchev–Trinajstić information content (AvgIpc) is 2.31. The first kappa shape index (κ1) is 14.2. The van der Waals surface area contributed by atoms with Crippen molar-refractivity contribution in [1.82, 2.24) is 5.32 Å². The van der Waals surface area contributed by atoms with E-state index >= 15 is 0 Å². The molecule has 0 aliphatic carbocycles. The number of nitrogens with two attached hydrogens (primary N) is 1. The first-order chi connectivity index (χ1) is 8.49. The van der Waals surface area contributed by atoms with Crippen molar-refractivity contribution in [3.63, 3.8) is 0 Å². The highest BCUT2D eigenvalue weighted by atomic mass is 19.1. The lowest BCUT2D eigenvalue weighted by molar-refractivity contribution is -0.119. The molecule has 100 valence electrons. The molecule has 1 amide bonds. The number of hydrogen-bond acceptors (Lipinski definition) is 3. The average molecular weight is 257 g/mol. The van der Waals surface area contributed by atoms with Crippen LogP contribution in [0.2, 0.25) is 0 Å². The standard InChI is InChI=1S/C12H17F2N3O/c1-3-16-11(18)7-17(4-2)10-6-8(13)5-9(14)12(10)15/h5-6H,3-4,7,15H2,1-2H3,(H,16,18). The third-order valence-corrected chi connectivity index (χ3v) is 2.50. The predicted octanol–water partition coefficient (Wildman–Crippen LogP) is 1.51. The van der Waals surface area contributed by atoms with Crippen LogP contribution >= 0.6 is 0 Å². The molecule has 6 heteroatoms. The topological polar surface area (TPSA) is 58.4 Å². The maximum absolute atomic E-state index is 13.3. The molecule has 0 aromatic heterocycles. The molecule has 0 aliphatic rings. The molecule has 0 bridgehead atoms. The second kappa shape index (κ2) is 6.18. The van der Waals surface area contributed by atoms with Gasteiger partial charge in [-0.1, -0.05) is 0 Å². The normalized spacial score (nSPS) is 10.2. The molecule has 18 heavy (non-hydrogen) atoms. The van der Waals surface area contributed by atoms with Crippen molar-refractivity contribution in [3.8, 4) is 0 Å². The fourth-order valence-electron chi connectivity index (χ4n) is 1.63. The largest absolute Gasteiger partial charge is 0.395 e. The number of likely N-dealkylation sites (N-methyl/N-ethyl adjacent to an activating group) is 2. The highest BCUT2D eigenvalue weighted by molar-refractivity contribution is 5.83. The van der Waals surface area contributed by atoms with Crippen LogP contribution in [-0.4, -0.2) is 25.5 Å². The third kappa shape index (κ3) is 3.32. The van der Waals surface area contributed by atoms with Gasteiger partial charge < -0.3 is 16.0 Å². The summed E-state index contributed by atoms with van der Waals surface area (Å²) in [5, 5.41) is 2.62. The molecule has 0 saturated carbocycles. The van der Waals surface area contributed by atoms with E-state index in [1.807, 2.05) is 0 Å². The first-order valence-electron chi connectivity index (χ1n) is 5.75. The van der Waals surface area contributed by atoms with Crippen LogP contribution in [-0.2, 0) is 4.79 Å². The number of benzene rings is 1. The summed E-state index contributed by atoms with van der Waals surface area (Å²) in [5.74, 6) is -1.76. The number of nitrogens with zero attached hydrogens (tertiary/aromatic N) is 1. The van der Waals surface area contributed by atoms with E-state index in [0.717, 1.165) is 12.1 Å². The summed E-state index contributed by atoms with van der Waals surface area (Å²) in [6.07, 6.45) is 0. The Balaban J connectivity index is 2.98. The maximum Gasteiger partial charge on any atom is 0.239 e. The van der Waals surface area contributed by atoms with Gasteiger partial charge in [0.2, 0.25) is 5.91 Å². The molecule has 1 rings (SSSR count). The number of nitrogens with one attached hydrogen (secondary N) is 1. The van der Waals surface area contributed by atoms with Gasteiger partial charge in [0.05, 0.1) is 17.9 Å². The molecular weight excluding hydrogens is 240 g/mol. The number of carbonyl (C=O) groups is 1. The lowest BCUT2D eigenvalue weighted by Crippen LogP contribution is -2.37. The summed E-state index contributed by atoms with van der Waals surface area (Å²) < 4.78 is 26.5. The van der Waals surface area contributed by atoms with Gasteiger partial charge in [-0.3, -0.25) is 4.79 Å². The molecule has 3 N–H and O–H groups in total. The minimum absolute atomic E-state index is 0.0113. The Labute approximate surface area is 105 Å². The molecule has 0 heterocycles. The van der Waals surface area contributed by atoms with Gasteiger partial charge in [0.25, 0.3) is 0 Å². The van der Waals surface area contributed by atoms with Crippen molar-refractivity contribution in [2.75, 3.05) is 30.3 Å². The van der Waals surface area contributed by atoms with Crippen molar-refractivity contribution >= 4 is 17.3 Å². The van der Waals surface area contributed by atoms with Crippen LogP contribution in [0.5, 0.6) is 0 Å². The van der Waals surface area contributed by atoms with E-state index in [2.05, 4.69) is 5.32 Å². The highest BCUT2D eigenvalue weighted by Crippen LogP contribution is 2.26. The fourth-order valence-corrected chi connectivity index (χ4v) is 1.63. The van der Waals surface area contributed by atoms with E-state index in [1.54, 1.807) is 13.8 Å². The van der Waals surface area contributed by atoms with E-state index in [9.17, 15) is 13.6 Å². The first-order valence-corrected chi connectivity index (χ1v) is 5.75.